The SMILES string of the molecule is C=CC(=O)Nc1ccccc1C(C)CC.[HH]. The smallest absolute Gasteiger partial charge is 0.247 e. The van der Waals surface area contributed by atoms with Crippen LogP contribution in [0.1, 0.15) is 33.2 Å². The van der Waals surface area contributed by atoms with E-state index in [-0.39, 0.29) is 7.33 Å². The summed E-state index contributed by atoms with van der Waals surface area (Å²) in [6.45, 7) is 7.73. The summed E-state index contributed by atoms with van der Waals surface area (Å²) in [6.07, 6.45) is 2.34. The Labute approximate surface area is 92.5 Å². The van der Waals surface area contributed by atoms with Crippen LogP contribution in [0.5, 0.6) is 0 Å². The third kappa shape index (κ3) is 2.94. The van der Waals surface area contributed by atoms with Gasteiger partial charge in [0.05, 0.1) is 0 Å². The first-order chi connectivity index (χ1) is 7.19. The summed E-state index contributed by atoms with van der Waals surface area (Å²) < 4.78 is 0. The molecule has 82 valence electrons. The molecule has 0 heterocycles. The molecule has 1 unspecified atom stereocenters. The number of para-hydroxylation sites is 1. The molecule has 2 heteroatoms. The van der Waals surface area contributed by atoms with Gasteiger partial charge in [-0.25, -0.2) is 0 Å². The molecule has 0 bridgehead atoms. The average Bonchev–Trinajstić information content (AvgIpc) is 2.28. The van der Waals surface area contributed by atoms with Crippen molar-refractivity contribution in [1.82, 2.24) is 0 Å². The number of rotatable bonds is 4. The van der Waals surface area contributed by atoms with E-state index in [9.17, 15) is 4.79 Å². The van der Waals surface area contributed by atoms with Crippen molar-refractivity contribution >= 4 is 11.6 Å². The Kier molecular flexibility index (Phi) is 4.10. The molecule has 1 aromatic rings. The third-order valence-electron chi connectivity index (χ3n) is 2.55. The molecule has 1 amide bonds. The zero-order valence-electron chi connectivity index (χ0n) is 9.29. The second-order valence-corrected chi connectivity index (χ2v) is 3.59. The third-order valence-corrected chi connectivity index (χ3v) is 2.55. The fraction of sp³-hybridized carbons (Fsp3) is 0.308. The van der Waals surface area contributed by atoms with E-state index in [0.29, 0.717) is 5.92 Å². The van der Waals surface area contributed by atoms with Crippen molar-refractivity contribution in [1.29, 1.82) is 0 Å². The molecule has 0 aliphatic rings. The molecule has 15 heavy (non-hydrogen) atoms. The number of anilines is 1. The lowest BCUT2D eigenvalue weighted by molar-refractivity contribution is -0.111. The normalized spacial score (nSPS) is 11.9. The van der Waals surface area contributed by atoms with Crippen LogP contribution in [0.4, 0.5) is 5.69 Å². The Morgan fingerprint density at radius 3 is 2.87 bits per heavy atom. The fourth-order valence-electron chi connectivity index (χ4n) is 1.44. The minimum Gasteiger partial charge on any atom is -0.322 e. The molecule has 0 aliphatic carbocycles. The van der Waals surface area contributed by atoms with Gasteiger partial charge in [0.25, 0.3) is 0 Å². The highest BCUT2D eigenvalue weighted by molar-refractivity contribution is 5.99. The highest BCUT2D eigenvalue weighted by atomic mass is 16.1. The van der Waals surface area contributed by atoms with Crippen molar-refractivity contribution in [2.45, 2.75) is 26.2 Å². The minimum atomic E-state index is -0.161. The molecule has 2 nitrogen and oxygen atoms in total. The number of nitrogens with one attached hydrogen (secondary N) is 1. The lowest BCUT2D eigenvalue weighted by Crippen LogP contribution is -2.10. The van der Waals surface area contributed by atoms with Crippen LogP contribution in [0.2, 0.25) is 0 Å². The molecule has 0 spiro atoms. The van der Waals surface area contributed by atoms with Gasteiger partial charge in [-0.1, -0.05) is 38.6 Å². The molecule has 0 aliphatic heterocycles. The lowest BCUT2D eigenvalue weighted by Gasteiger charge is -2.14. The second-order valence-electron chi connectivity index (χ2n) is 3.59. The first-order valence-corrected chi connectivity index (χ1v) is 5.21. The van der Waals surface area contributed by atoms with Crippen molar-refractivity contribution in [2.24, 2.45) is 0 Å². The monoisotopic (exact) mass is 205 g/mol. The van der Waals surface area contributed by atoms with Crippen LogP contribution in [0.15, 0.2) is 36.9 Å². The van der Waals surface area contributed by atoms with E-state index < -0.39 is 0 Å². The highest BCUT2D eigenvalue weighted by Gasteiger charge is 2.08. The van der Waals surface area contributed by atoms with Crippen LogP contribution < -0.4 is 5.32 Å². The Hall–Kier alpha value is -1.57. The summed E-state index contributed by atoms with van der Waals surface area (Å²) in [4.78, 5) is 11.2. The zero-order valence-corrected chi connectivity index (χ0v) is 9.29. The van der Waals surface area contributed by atoms with Gasteiger partial charge in [-0.3, -0.25) is 4.79 Å². The molecule has 1 N–H and O–H groups in total. The van der Waals surface area contributed by atoms with E-state index in [2.05, 4.69) is 25.7 Å². The van der Waals surface area contributed by atoms with Gasteiger partial charge in [-0.05, 0) is 30.0 Å². The Balaban J connectivity index is 0.00000225. The van der Waals surface area contributed by atoms with Crippen molar-refractivity contribution in [3.05, 3.63) is 42.5 Å². The number of carbonyl (C=O) groups excluding carboxylic acids is 1. The van der Waals surface area contributed by atoms with Crippen LogP contribution in [0, 0.1) is 0 Å². The summed E-state index contributed by atoms with van der Waals surface area (Å²) >= 11 is 0. The highest BCUT2D eigenvalue weighted by Crippen LogP contribution is 2.26. The zero-order chi connectivity index (χ0) is 11.3. The predicted octanol–water partition coefficient (Wildman–Crippen LogP) is 3.57. The Bertz CT molecular complexity index is 363. The van der Waals surface area contributed by atoms with Crippen LogP contribution in [0.3, 0.4) is 0 Å². The summed E-state index contributed by atoms with van der Waals surface area (Å²) in [6, 6.07) is 7.88. The molecular formula is C13H19NO. The molecular weight excluding hydrogens is 186 g/mol. The summed E-state index contributed by atoms with van der Waals surface area (Å²) in [5.74, 6) is 0.289. The number of carbonyl (C=O) groups is 1. The van der Waals surface area contributed by atoms with Crippen molar-refractivity contribution in [3.8, 4) is 0 Å². The van der Waals surface area contributed by atoms with E-state index in [1.54, 1.807) is 0 Å². The molecule has 1 atom stereocenters. The molecule has 0 aromatic heterocycles. The van der Waals surface area contributed by atoms with Gasteiger partial charge in [0.1, 0.15) is 0 Å². The summed E-state index contributed by atoms with van der Waals surface area (Å²) in [5.41, 5.74) is 2.06. The quantitative estimate of drug-likeness (QED) is 0.748. The van der Waals surface area contributed by atoms with Crippen LogP contribution in [-0.2, 0) is 4.79 Å². The first kappa shape index (κ1) is 11.5. The van der Waals surface area contributed by atoms with E-state index >= 15 is 0 Å². The van der Waals surface area contributed by atoms with Crippen molar-refractivity contribution < 1.29 is 6.22 Å². The largest absolute Gasteiger partial charge is 0.322 e. The van der Waals surface area contributed by atoms with Gasteiger partial charge in [-0.2, -0.15) is 0 Å². The Morgan fingerprint density at radius 2 is 2.27 bits per heavy atom. The van der Waals surface area contributed by atoms with Crippen molar-refractivity contribution in [3.63, 3.8) is 0 Å². The Morgan fingerprint density at radius 1 is 1.60 bits per heavy atom. The summed E-state index contributed by atoms with van der Waals surface area (Å²) in [5, 5.41) is 2.82. The predicted molar refractivity (Wildman–Crippen MR) is 66.1 cm³/mol. The van der Waals surface area contributed by atoms with Gasteiger partial charge in [0.2, 0.25) is 5.91 Å². The van der Waals surface area contributed by atoms with Gasteiger partial charge >= 0.3 is 0 Å². The number of benzene rings is 1. The average molecular weight is 205 g/mol. The molecule has 0 radical (unpaired) electrons. The molecule has 0 fully saturated rings. The molecule has 1 rings (SSSR count). The fourth-order valence-corrected chi connectivity index (χ4v) is 1.44. The van der Waals surface area contributed by atoms with Gasteiger partial charge < -0.3 is 5.32 Å². The lowest BCUT2D eigenvalue weighted by atomic mass is 9.97. The standard InChI is InChI=1S/C13H17NO.H2/c1-4-10(3)11-8-6-7-9-12(11)14-13(15)5-2;/h5-10H,2,4H2,1,3H3,(H,14,15);1H. The second kappa shape index (κ2) is 5.35. The summed E-state index contributed by atoms with van der Waals surface area (Å²) in [7, 11) is 0. The topological polar surface area (TPSA) is 29.1 Å². The maximum atomic E-state index is 11.2. The van der Waals surface area contributed by atoms with Crippen LogP contribution in [0.25, 0.3) is 0 Å². The maximum Gasteiger partial charge on any atom is 0.247 e. The van der Waals surface area contributed by atoms with Gasteiger partial charge in [0.15, 0.2) is 0 Å². The van der Waals surface area contributed by atoms with Crippen LogP contribution in [-0.4, -0.2) is 5.91 Å². The number of hydrogen-bond acceptors (Lipinski definition) is 1. The molecule has 0 saturated carbocycles. The van der Waals surface area contributed by atoms with Crippen molar-refractivity contribution in [2.75, 3.05) is 5.32 Å². The van der Waals surface area contributed by atoms with E-state index in [1.165, 1.54) is 11.6 Å². The van der Waals surface area contributed by atoms with Crippen LogP contribution >= 0.6 is 0 Å². The molecule has 0 saturated heterocycles. The van der Waals surface area contributed by atoms with E-state index in [4.69, 9.17) is 0 Å². The van der Waals surface area contributed by atoms with Gasteiger partial charge in [0, 0.05) is 7.11 Å². The minimum absolute atomic E-state index is 0. The number of hydrogen-bond donors (Lipinski definition) is 1. The first-order valence-electron chi connectivity index (χ1n) is 5.21. The maximum absolute atomic E-state index is 11.2. The molecule has 1 aromatic carbocycles. The number of amides is 1. The van der Waals surface area contributed by atoms with Gasteiger partial charge in [-0.15, -0.1) is 0 Å². The van der Waals surface area contributed by atoms with E-state index in [0.717, 1.165) is 12.1 Å². The van der Waals surface area contributed by atoms with E-state index in [1.807, 2.05) is 24.3 Å².